The van der Waals surface area contributed by atoms with Gasteiger partial charge >= 0.3 is 0 Å². The minimum absolute atomic E-state index is 0.137. The maximum absolute atomic E-state index is 9.46. The molecular formula is C12H21NOS. The van der Waals surface area contributed by atoms with Crippen LogP contribution < -0.4 is 0 Å². The van der Waals surface area contributed by atoms with Gasteiger partial charge in [-0.05, 0) is 12.8 Å². The van der Waals surface area contributed by atoms with Crippen molar-refractivity contribution in [1.29, 1.82) is 0 Å². The lowest BCUT2D eigenvalue weighted by atomic mass is 9.93. The summed E-state index contributed by atoms with van der Waals surface area (Å²) in [6.45, 7) is 8.53. The summed E-state index contributed by atoms with van der Waals surface area (Å²) in [5, 5.41) is 12.7. The van der Waals surface area contributed by atoms with E-state index in [-0.39, 0.29) is 11.5 Å². The first-order valence-electron chi connectivity index (χ1n) is 5.56. The van der Waals surface area contributed by atoms with Gasteiger partial charge in [-0.2, -0.15) is 0 Å². The van der Waals surface area contributed by atoms with E-state index in [0.717, 1.165) is 30.0 Å². The van der Waals surface area contributed by atoms with E-state index >= 15 is 0 Å². The number of aliphatic hydroxyl groups is 1. The van der Waals surface area contributed by atoms with Crippen molar-refractivity contribution in [1.82, 2.24) is 4.98 Å². The molecule has 15 heavy (non-hydrogen) atoms. The van der Waals surface area contributed by atoms with Crippen LogP contribution in [0.15, 0.2) is 5.38 Å². The van der Waals surface area contributed by atoms with Crippen molar-refractivity contribution in [2.24, 2.45) is 0 Å². The molecule has 0 fully saturated rings. The molecule has 3 heteroatoms. The number of rotatable bonds is 4. The lowest BCUT2D eigenvalue weighted by Crippen LogP contribution is -2.12. The Bertz CT molecular complexity index is 301. The Morgan fingerprint density at radius 3 is 2.60 bits per heavy atom. The van der Waals surface area contributed by atoms with Gasteiger partial charge in [-0.1, -0.05) is 27.7 Å². The molecule has 0 spiro atoms. The van der Waals surface area contributed by atoms with Crippen LogP contribution in [0.3, 0.4) is 0 Å². The zero-order chi connectivity index (χ0) is 11.5. The summed E-state index contributed by atoms with van der Waals surface area (Å²) in [5.74, 6) is 0. The Morgan fingerprint density at radius 2 is 2.13 bits per heavy atom. The molecule has 2 nitrogen and oxygen atoms in total. The normalized spacial score (nSPS) is 14.2. The van der Waals surface area contributed by atoms with E-state index in [1.165, 1.54) is 0 Å². The van der Waals surface area contributed by atoms with Gasteiger partial charge in [0.15, 0.2) is 0 Å². The number of aromatic nitrogens is 1. The average Bonchev–Trinajstić information content (AvgIpc) is 2.61. The van der Waals surface area contributed by atoms with Gasteiger partial charge in [0, 0.05) is 17.2 Å². The fourth-order valence-corrected chi connectivity index (χ4v) is 2.31. The first-order valence-corrected chi connectivity index (χ1v) is 6.44. The van der Waals surface area contributed by atoms with Gasteiger partial charge in [-0.15, -0.1) is 11.3 Å². The van der Waals surface area contributed by atoms with Gasteiger partial charge in [-0.3, -0.25) is 0 Å². The summed E-state index contributed by atoms with van der Waals surface area (Å²) in [5.41, 5.74) is 1.30. The van der Waals surface area contributed by atoms with E-state index < -0.39 is 0 Å². The van der Waals surface area contributed by atoms with E-state index in [0.29, 0.717) is 0 Å². The van der Waals surface area contributed by atoms with Crippen LogP contribution in [0.5, 0.6) is 0 Å². The summed E-state index contributed by atoms with van der Waals surface area (Å²) < 4.78 is 0. The topological polar surface area (TPSA) is 33.1 Å². The van der Waals surface area contributed by atoms with E-state index in [1.807, 2.05) is 6.92 Å². The highest BCUT2D eigenvalue weighted by molar-refractivity contribution is 7.09. The van der Waals surface area contributed by atoms with Gasteiger partial charge in [0.05, 0.1) is 16.8 Å². The number of thiazole rings is 1. The zero-order valence-corrected chi connectivity index (χ0v) is 10.9. The number of hydrogen-bond donors (Lipinski definition) is 1. The second-order valence-electron chi connectivity index (χ2n) is 4.98. The van der Waals surface area contributed by atoms with Crippen molar-refractivity contribution < 1.29 is 5.11 Å². The molecule has 1 aromatic heterocycles. The Labute approximate surface area is 96.4 Å². The molecule has 0 amide bonds. The molecule has 0 aliphatic rings. The Morgan fingerprint density at radius 1 is 1.47 bits per heavy atom. The maximum atomic E-state index is 9.46. The predicted octanol–water partition coefficient (Wildman–Crippen LogP) is 3.14. The zero-order valence-electron chi connectivity index (χ0n) is 10.1. The van der Waals surface area contributed by atoms with Crippen molar-refractivity contribution in [2.45, 2.75) is 58.5 Å². The molecule has 1 N–H and O–H groups in total. The molecule has 0 radical (unpaired) electrons. The molecule has 0 saturated heterocycles. The molecule has 0 saturated carbocycles. The minimum atomic E-state index is -0.174. The SMILES string of the molecule is CCC(O)CCc1nc(C(C)(C)C)cs1. The van der Waals surface area contributed by atoms with Gasteiger partial charge in [0.2, 0.25) is 0 Å². The molecule has 0 aliphatic carbocycles. The van der Waals surface area contributed by atoms with Crippen LogP contribution in [-0.4, -0.2) is 16.2 Å². The average molecular weight is 227 g/mol. The van der Waals surface area contributed by atoms with E-state index in [2.05, 4.69) is 31.1 Å². The number of aryl methyl sites for hydroxylation is 1. The van der Waals surface area contributed by atoms with Crippen LogP contribution >= 0.6 is 11.3 Å². The highest BCUT2D eigenvalue weighted by Crippen LogP contribution is 2.24. The standard InChI is InChI=1S/C12H21NOS/c1-5-9(14)6-7-11-13-10(8-15-11)12(2,3)4/h8-9,14H,5-7H2,1-4H3. The molecule has 1 rings (SSSR count). The minimum Gasteiger partial charge on any atom is -0.393 e. The third kappa shape index (κ3) is 3.92. The Hall–Kier alpha value is -0.410. The van der Waals surface area contributed by atoms with Crippen molar-refractivity contribution >= 4 is 11.3 Å². The summed E-state index contributed by atoms with van der Waals surface area (Å²) in [7, 11) is 0. The second-order valence-corrected chi connectivity index (χ2v) is 5.92. The second kappa shape index (κ2) is 5.08. The monoisotopic (exact) mass is 227 g/mol. The predicted molar refractivity (Wildman–Crippen MR) is 65.4 cm³/mol. The van der Waals surface area contributed by atoms with Crippen molar-refractivity contribution in [3.8, 4) is 0 Å². The van der Waals surface area contributed by atoms with Gasteiger partial charge in [-0.25, -0.2) is 4.98 Å². The molecule has 86 valence electrons. The van der Waals surface area contributed by atoms with Crippen LogP contribution in [-0.2, 0) is 11.8 Å². The Kier molecular flexibility index (Phi) is 4.29. The maximum Gasteiger partial charge on any atom is 0.0929 e. The van der Waals surface area contributed by atoms with E-state index in [9.17, 15) is 5.11 Å². The molecule has 0 bridgehead atoms. The highest BCUT2D eigenvalue weighted by Gasteiger charge is 2.17. The summed E-state index contributed by atoms with van der Waals surface area (Å²) in [6.07, 6.45) is 2.38. The summed E-state index contributed by atoms with van der Waals surface area (Å²) in [6, 6.07) is 0. The molecule has 1 aromatic rings. The molecule has 0 aromatic carbocycles. The lowest BCUT2D eigenvalue weighted by Gasteiger charge is -2.14. The van der Waals surface area contributed by atoms with Crippen LogP contribution in [0.4, 0.5) is 0 Å². The number of hydrogen-bond acceptors (Lipinski definition) is 3. The lowest BCUT2D eigenvalue weighted by molar-refractivity contribution is 0.160. The van der Waals surface area contributed by atoms with Crippen molar-refractivity contribution in [2.75, 3.05) is 0 Å². The first-order chi connectivity index (χ1) is 6.93. The summed E-state index contributed by atoms with van der Waals surface area (Å²) in [4.78, 5) is 4.60. The Balaban J connectivity index is 2.54. The van der Waals surface area contributed by atoms with Gasteiger partial charge in [0.25, 0.3) is 0 Å². The summed E-state index contributed by atoms with van der Waals surface area (Å²) >= 11 is 1.71. The van der Waals surface area contributed by atoms with E-state index in [1.54, 1.807) is 11.3 Å². The van der Waals surface area contributed by atoms with Crippen LogP contribution in [0.2, 0.25) is 0 Å². The molecule has 1 heterocycles. The fraction of sp³-hybridized carbons (Fsp3) is 0.750. The smallest absolute Gasteiger partial charge is 0.0929 e. The first kappa shape index (κ1) is 12.7. The molecule has 1 atom stereocenters. The molecule has 0 aliphatic heterocycles. The van der Waals surface area contributed by atoms with Crippen LogP contribution in [0.25, 0.3) is 0 Å². The molecular weight excluding hydrogens is 206 g/mol. The van der Waals surface area contributed by atoms with Crippen molar-refractivity contribution in [3.63, 3.8) is 0 Å². The number of nitrogens with zero attached hydrogens (tertiary/aromatic N) is 1. The third-order valence-corrected chi connectivity index (χ3v) is 3.39. The fourth-order valence-electron chi connectivity index (χ4n) is 1.26. The highest BCUT2D eigenvalue weighted by atomic mass is 32.1. The van der Waals surface area contributed by atoms with Crippen LogP contribution in [0.1, 0.15) is 51.2 Å². The number of aliphatic hydroxyl groups excluding tert-OH is 1. The third-order valence-electron chi connectivity index (χ3n) is 2.48. The van der Waals surface area contributed by atoms with Gasteiger partial charge in [0.1, 0.15) is 0 Å². The quantitative estimate of drug-likeness (QED) is 0.857. The van der Waals surface area contributed by atoms with Crippen molar-refractivity contribution in [3.05, 3.63) is 16.1 Å². The van der Waals surface area contributed by atoms with E-state index in [4.69, 9.17) is 0 Å². The van der Waals surface area contributed by atoms with Crippen LogP contribution in [0, 0.1) is 0 Å². The van der Waals surface area contributed by atoms with Gasteiger partial charge < -0.3 is 5.11 Å². The molecule has 1 unspecified atom stereocenters. The largest absolute Gasteiger partial charge is 0.393 e.